The molecule has 0 amide bonds. The Labute approximate surface area is 111 Å². The zero-order chi connectivity index (χ0) is 14.8. The molecule has 0 aromatic heterocycles. The van der Waals surface area contributed by atoms with Crippen molar-refractivity contribution in [3.63, 3.8) is 0 Å². The molecule has 8 heteroatoms. The number of carbonyl (C=O) groups is 1. The molecule has 0 atom stereocenters. The lowest BCUT2D eigenvalue weighted by atomic mass is 10.1. The molecule has 0 bridgehead atoms. The van der Waals surface area contributed by atoms with Gasteiger partial charge in [-0.05, 0) is 23.8 Å². The molecule has 0 heterocycles. The summed E-state index contributed by atoms with van der Waals surface area (Å²) in [7, 11) is 1.09. The molecular weight excluding hydrogens is 287 g/mol. The number of hydrogen-bond acceptors (Lipinski definition) is 3. The van der Waals surface area contributed by atoms with Gasteiger partial charge in [-0.3, -0.25) is 0 Å². The summed E-state index contributed by atoms with van der Waals surface area (Å²) >= 11 is 5.59. The molecule has 0 spiro atoms. The number of nitrogens with two attached hydrogens (primary N) is 1. The molecule has 0 fully saturated rings. The van der Waals surface area contributed by atoms with Crippen molar-refractivity contribution >= 4 is 29.3 Å². The summed E-state index contributed by atoms with van der Waals surface area (Å²) in [4.78, 5) is 10.7. The number of benzene rings is 1. The second-order valence-electron chi connectivity index (χ2n) is 3.48. The minimum atomic E-state index is -4.69. The molecule has 1 rings (SSSR count). The van der Waals surface area contributed by atoms with Crippen molar-refractivity contribution in [1.82, 2.24) is 0 Å². The average molecular weight is 296 g/mol. The van der Waals surface area contributed by atoms with Crippen LogP contribution in [0.5, 0.6) is 0 Å². The van der Waals surface area contributed by atoms with E-state index in [1.54, 1.807) is 0 Å². The number of alkyl halides is 3. The first-order valence-electron chi connectivity index (χ1n) is 4.82. The second-order valence-corrected chi connectivity index (χ2v) is 3.89. The number of nitrogen functional groups attached to an aromatic ring is 1. The Kier molecular flexibility index (Phi) is 4.31. The van der Waals surface area contributed by atoms with Gasteiger partial charge in [0, 0.05) is 0 Å². The second kappa shape index (κ2) is 5.40. The molecule has 1 aromatic carbocycles. The predicted octanol–water partition coefficient (Wildman–Crippen LogP) is 3.01. The lowest BCUT2D eigenvalue weighted by molar-refractivity contribution is -0.137. The van der Waals surface area contributed by atoms with Gasteiger partial charge in [0.2, 0.25) is 5.76 Å². The monoisotopic (exact) mass is 295 g/mol. The van der Waals surface area contributed by atoms with Crippen LogP contribution in [0, 0.1) is 0 Å². The largest absolute Gasteiger partial charge is 0.490 e. The van der Waals surface area contributed by atoms with Crippen molar-refractivity contribution in [3.8, 4) is 0 Å². The van der Waals surface area contributed by atoms with Crippen LogP contribution in [0.4, 0.5) is 18.9 Å². The van der Waals surface area contributed by atoms with Crippen molar-refractivity contribution in [2.24, 2.45) is 0 Å². The molecular formula is C11H9ClF3NO3. The van der Waals surface area contributed by atoms with E-state index >= 15 is 0 Å². The lowest BCUT2D eigenvalue weighted by Crippen LogP contribution is -2.10. The summed E-state index contributed by atoms with van der Waals surface area (Å²) in [5.74, 6) is -1.93. The van der Waals surface area contributed by atoms with E-state index in [4.69, 9.17) is 22.4 Å². The van der Waals surface area contributed by atoms with Crippen LogP contribution in [0.2, 0.25) is 5.02 Å². The number of hydrogen-bond donors (Lipinski definition) is 2. The minimum Gasteiger partial charge on any atom is -0.490 e. The quantitative estimate of drug-likeness (QED) is 0.511. The highest BCUT2D eigenvalue weighted by atomic mass is 35.5. The predicted molar refractivity (Wildman–Crippen MR) is 63.5 cm³/mol. The van der Waals surface area contributed by atoms with Crippen molar-refractivity contribution < 1.29 is 27.8 Å². The van der Waals surface area contributed by atoms with Gasteiger partial charge in [-0.25, -0.2) is 4.79 Å². The SMILES string of the molecule is COC(=Cc1cc(Cl)c(N)c(C(F)(F)F)c1)C(=O)O. The van der Waals surface area contributed by atoms with Crippen molar-refractivity contribution in [2.45, 2.75) is 6.18 Å². The Morgan fingerprint density at radius 3 is 2.47 bits per heavy atom. The minimum absolute atomic E-state index is 0.0780. The maximum Gasteiger partial charge on any atom is 0.418 e. The van der Waals surface area contributed by atoms with Crippen molar-refractivity contribution in [2.75, 3.05) is 12.8 Å². The smallest absolute Gasteiger partial charge is 0.418 e. The highest BCUT2D eigenvalue weighted by Crippen LogP contribution is 2.38. The van der Waals surface area contributed by atoms with Crippen LogP contribution in [0.1, 0.15) is 11.1 Å². The van der Waals surface area contributed by atoms with E-state index in [0.717, 1.165) is 19.3 Å². The van der Waals surface area contributed by atoms with Gasteiger partial charge >= 0.3 is 12.1 Å². The van der Waals surface area contributed by atoms with Gasteiger partial charge in [0.1, 0.15) is 0 Å². The summed E-state index contributed by atoms with van der Waals surface area (Å²) in [6.07, 6.45) is -3.77. The summed E-state index contributed by atoms with van der Waals surface area (Å²) in [5, 5.41) is 8.40. The first kappa shape index (κ1) is 15.2. The van der Waals surface area contributed by atoms with E-state index < -0.39 is 29.2 Å². The summed E-state index contributed by atoms with van der Waals surface area (Å²) < 4.78 is 42.6. The van der Waals surface area contributed by atoms with Gasteiger partial charge in [-0.2, -0.15) is 13.2 Å². The van der Waals surface area contributed by atoms with Crippen LogP contribution < -0.4 is 5.73 Å². The van der Waals surface area contributed by atoms with E-state index in [2.05, 4.69) is 4.74 Å². The molecule has 0 saturated heterocycles. The third-order valence-electron chi connectivity index (χ3n) is 2.19. The molecule has 1 aromatic rings. The third-order valence-corrected chi connectivity index (χ3v) is 2.50. The van der Waals surface area contributed by atoms with Gasteiger partial charge in [-0.15, -0.1) is 0 Å². The number of methoxy groups -OCH3 is 1. The topological polar surface area (TPSA) is 72.5 Å². The molecule has 0 radical (unpaired) electrons. The Balaban J connectivity index is 3.40. The van der Waals surface area contributed by atoms with Crippen LogP contribution in [0.15, 0.2) is 17.9 Å². The van der Waals surface area contributed by atoms with Crippen LogP contribution in [-0.2, 0) is 15.7 Å². The van der Waals surface area contributed by atoms with Gasteiger partial charge in [0.15, 0.2) is 0 Å². The van der Waals surface area contributed by atoms with Crippen molar-refractivity contribution in [3.05, 3.63) is 34.0 Å². The Morgan fingerprint density at radius 2 is 2.05 bits per heavy atom. The molecule has 0 saturated carbocycles. The van der Waals surface area contributed by atoms with Crippen LogP contribution in [-0.4, -0.2) is 18.2 Å². The molecule has 0 aliphatic carbocycles. The number of rotatable bonds is 3. The van der Waals surface area contributed by atoms with E-state index in [1.165, 1.54) is 0 Å². The van der Waals surface area contributed by atoms with Crippen LogP contribution >= 0.6 is 11.6 Å². The zero-order valence-electron chi connectivity index (χ0n) is 9.58. The number of halogens is 4. The number of ether oxygens (including phenoxy) is 1. The molecule has 3 N–H and O–H groups in total. The first-order valence-corrected chi connectivity index (χ1v) is 5.19. The standard InChI is InChI=1S/C11H9ClF3NO3/c1-19-8(10(17)18)4-5-2-6(11(13,14)15)9(16)7(12)3-5/h2-4H,16H2,1H3,(H,17,18). The van der Waals surface area contributed by atoms with Gasteiger partial charge < -0.3 is 15.6 Å². The van der Waals surface area contributed by atoms with E-state index in [0.29, 0.717) is 6.07 Å². The molecule has 0 aliphatic heterocycles. The van der Waals surface area contributed by atoms with Crippen molar-refractivity contribution in [1.29, 1.82) is 0 Å². The summed E-state index contributed by atoms with van der Waals surface area (Å²) in [5.41, 5.74) is 3.42. The van der Waals surface area contributed by atoms with E-state index in [-0.39, 0.29) is 10.6 Å². The summed E-state index contributed by atoms with van der Waals surface area (Å²) in [6.45, 7) is 0. The number of carboxylic acids is 1. The van der Waals surface area contributed by atoms with Gasteiger partial charge in [-0.1, -0.05) is 11.6 Å². The van der Waals surface area contributed by atoms with Crippen LogP contribution in [0.3, 0.4) is 0 Å². The lowest BCUT2D eigenvalue weighted by Gasteiger charge is -2.12. The molecule has 0 aliphatic rings. The average Bonchev–Trinajstić information content (AvgIpc) is 2.28. The zero-order valence-corrected chi connectivity index (χ0v) is 10.3. The molecule has 19 heavy (non-hydrogen) atoms. The van der Waals surface area contributed by atoms with E-state index in [9.17, 15) is 18.0 Å². The van der Waals surface area contributed by atoms with Gasteiger partial charge in [0.25, 0.3) is 0 Å². The Morgan fingerprint density at radius 1 is 1.47 bits per heavy atom. The molecule has 4 nitrogen and oxygen atoms in total. The first-order chi connectivity index (χ1) is 8.66. The fourth-order valence-electron chi connectivity index (χ4n) is 1.32. The van der Waals surface area contributed by atoms with Crippen LogP contribution in [0.25, 0.3) is 6.08 Å². The maximum absolute atomic E-state index is 12.7. The van der Waals surface area contributed by atoms with Gasteiger partial charge in [0.05, 0.1) is 23.4 Å². The summed E-state index contributed by atoms with van der Waals surface area (Å²) in [6, 6.07) is 1.82. The Hall–Kier alpha value is -1.89. The fourth-order valence-corrected chi connectivity index (χ4v) is 1.54. The normalized spacial score (nSPS) is 12.4. The number of aliphatic carboxylic acids is 1. The third kappa shape index (κ3) is 3.54. The highest BCUT2D eigenvalue weighted by Gasteiger charge is 2.34. The number of carboxylic acid groups (broad SMARTS) is 1. The maximum atomic E-state index is 12.7. The fraction of sp³-hybridized carbons (Fsp3) is 0.182. The molecule has 0 unspecified atom stereocenters. The number of anilines is 1. The Bertz CT molecular complexity index is 541. The highest BCUT2D eigenvalue weighted by molar-refractivity contribution is 6.33. The van der Waals surface area contributed by atoms with E-state index in [1.807, 2.05) is 0 Å². The molecule has 104 valence electrons.